The summed E-state index contributed by atoms with van der Waals surface area (Å²) in [5.41, 5.74) is 1.61. The molecule has 1 aliphatic heterocycles. The van der Waals surface area contributed by atoms with E-state index in [0.717, 1.165) is 55.6 Å². The zero-order valence-corrected chi connectivity index (χ0v) is 24.0. The average molecular weight is 550 g/mol. The SMILES string of the molecule is COC(=O)C(C)(C)c1ccc(C(=O)CCCN2CCC(C(O)(c3ccccc3)c3ccccc3)CC2)cc1.Cl. The molecule has 5 nitrogen and oxygen atoms in total. The molecule has 1 fully saturated rings. The van der Waals surface area contributed by atoms with Crippen molar-refractivity contribution in [1.82, 2.24) is 4.90 Å². The fourth-order valence-corrected chi connectivity index (χ4v) is 5.65. The van der Waals surface area contributed by atoms with E-state index in [-0.39, 0.29) is 30.1 Å². The van der Waals surface area contributed by atoms with Gasteiger partial charge in [-0.3, -0.25) is 9.59 Å². The van der Waals surface area contributed by atoms with Crippen molar-refractivity contribution in [2.75, 3.05) is 26.7 Å². The molecule has 0 bridgehead atoms. The Balaban J connectivity index is 0.00000420. The minimum Gasteiger partial charge on any atom is -0.468 e. The lowest BCUT2D eigenvalue weighted by atomic mass is 9.72. The van der Waals surface area contributed by atoms with Crippen molar-refractivity contribution >= 4 is 24.2 Å². The third-order valence-electron chi connectivity index (χ3n) is 8.11. The highest BCUT2D eigenvalue weighted by atomic mass is 35.5. The van der Waals surface area contributed by atoms with Gasteiger partial charge in [0.05, 0.1) is 12.5 Å². The van der Waals surface area contributed by atoms with Gasteiger partial charge in [0, 0.05) is 12.0 Å². The number of aliphatic hydroxyl groups is 1. The number of hydrogen-bond acceptors (Lipinski definition) is 5. The van der Waals surface area contributed by atoms with Crippen LogP contribution >= 0.6 is 12.4 Å². The lowest BCUT2D eigenvalue weighted by Gasteiger charge is -2.42. The first-order chi connectivity index (χ1) is 18.3. The van der Waals surface area contributed by atoms with Crippen LogP contribution in [0.1, 0.15) is 66.6 Å². The van der Waals surface area contributed by atoms with Crippen LogP contribution in [0.5, 0.6) is 0 Å². The molecule has 4 rings (SSSR count). The smallest absolute Gasteiger partial charge is 0.315 e. The third-order valence-corrected chi connectivity index (χ3v) is 8.11. The molecule has 1 aliphatic rings. The van der Waals surface area contributed by atoms with Gasteiger partial charge in [0.2, 0.25) is 0 Å². The standard InChI is InChI=1S/C33H39NO4.ClH/c1-32(2,31(36)38-3)26-18-16-25(17-19-26)30(35)15-10-22-34-23-20-29(21-24-34)33(37,27-11-6-4-7-12-27)28-13-8-5-9-14-28;/h4-9,11-14,16-19,29,37H,10,15,20-24H2,1-3H3;1H. The Hall–Kier alpha value is -2.99. The number of carbonyl (C=O) groups excluding carboxylic acids is 2. The van der Waals surface area contributed by atoms with Gasteiger partial charge < -0.3 is 14.7 Å². The fourth-order valence-electron chi connectivity index (χ4n) is 5.65. The summed E-state index contributed by atoms with van der Waals surface area (Å²) in [6, 6.07) is 27.3. The molecule has 0 spiro atoms. The quantitative estimate of drug-likeness (QED) is 0.242. The predicted molar refractivity (Wildman–Crippen MR) is 157 cm³/mol. The second-order valence-corrected chi connectivity index (χ2v) is 10.8. The van der Waals surface area contributed by atoms with Crippen molar-refractivity contribution in [2.45, 2.75) is 50.5 Å². The van der Waals surface area contributed by atoms with E-state index in [9.17, 15) is 14.7 Å². The van der Waals surface area contributed by atoms with E-state index < -0.39 is 11.0 Å². The number of piperidine rings is 1. The van der Waals surface area contributed by atoms with E-state index >= 15 is 0 Å². The molecule has 6 heteroatoms. The second-order valence-electron chi connectivity index (χ2n) is 10.8. The number of hydrogen-bond donors (Lipinski definition) is 1. The Morgan fingerprint density at radius 3 is 1.85 bits per heavy atom. The number of ketones is 1. The third kappa shape index (κ3) is 6.78. The van der Waals surface area contributed by atoms with Crippen molar-refractivity contribution < 1.29 is 19.4 Å². The van der Waals surface area contributed by atoms with Crippen molar-refractivity contribution in [3.63, 3.8) is 0 Å². The topological polar surface area (TPSA) is 66.8 Å². The number of ether oxygens (including phenoxy) is 1. The molecule has 0 saturated carbocycles. The summed E-state index contributed by atoms with van der Waals surface area (Å²) in [5, 5.41) is 12.1. The first-order valence-corrected chi connectivity index (χ1v) is 13.5. The summed E-state index contributed by atoms with van der Waals surface area (Å²) in [6.07, 6.45) is 3.07. The number of benzene rings is 3. The molecule has 3 aromatic rings. The highest BCUT2D eigenvalue weighted by Gasteiger charge is 2.41. The summed E-state index contributed by atoms with van der Waals surface area (Å²) in [4.78, 5) is 27.3. The van der Waals surface area contributed by atoms with Gasteiger partial charge in [0.25, 0.3) is 0 Å². The highest BCUT2D eigenvalue weighted by Crippen LogP contribution is 2.41. The average Bonchev–Trinajstić information content (AvgIpc) is 2.97. The number of carbonyl (C=O) groups is 2. The largest absolute Gasteiger partial charge is 0.468 e. The molecule has 0 radical (unpaired) electrons. The number of methoxy groups -OCH3 is 1. The Labute approximate surface area is 238 Å². The molecule has 208 valence electrons. The zero-order chi connectivity index (χ0) is 27.2. The van der Waals surface area contributed by atoms with Crippen molar-refractivity contribution in [2.24, 2.45) is 5.92 Å². The minimum absolute atomic E-state index is 0. The lowest BCUT2D eigenvalue weighted by molar-refractivity contribution is -0.146. The van der Waals surface area contributed by atoms with Crippen LogP contribution in [0, 0.1) is 5.92 Å². The molecule has 0 amide bonds. The molecule has 1 heterocycles. The molecule has 0 atom stereocenters. The summed E-state index contributed by atoms with van der Waals surface area (Å²) in [7, 11) is 1.39. The van der Waals surface area contributed by atoms with E-state index in [1.807, 2.05) is 98.8 Å². The van der Waals surface area contributed by atoms with Crippen molar-refractivity contribution in [3.05, 3.63) is 107 Å². The maximum Gasteiger partial charge on any atom is 0.315 e. The Morgan fingerprint density at radius 1 is 0.846 bits per heavy atom. The second kappa shape index (κ2) is 13.4. The maximum absolute atomic E-state index is 12.8. The van der Waals surface area contributed by atoms with Crippen LogP contribution in [-0.2, 0) is 20.5 Å². The molecule has 0 aromatic heterocycles. The van der Waals surface area contributed by atoms with Crippen LogP contribution < -0.4 is 0 Å². The summed E-state index contributed by atoms with van der Waals surface area (Å²) >= 11 is 0. The van der Waals surface area contributed by atoms with Gasteiger partial charge in [-0.2, -0.15) is 0 Å². The monoisotopic (exact) mass is 549 g/mol. The summed E-state index contributed by atoms with van der Waals surface area (Å²) in [6.45, 7) is 6.30. The van der Waals surface area contributed by atoms with Gasteiger partial charge >= 0.3 is 5.97 Å². The Morgan fingerprint density at radius 2 is 1.36 bits per heavy atom. The number of nitrogens with zero attached hydrogens (tertiary/aromatic N) is 1. The summed E-state index contributed by atoms with van der Waals surface area (Å²) < 4.78 is 4.90. The minimum atomic E-state index is -1.01. The van der Waals surface area contributed by atoms with Crippen molar-refractivity contribution in [1.29, 1.82) is 0 Å². The van der Waals surface area contributed by atoms with Crippen LogP contribution in [0.4, 0.5) is 0 Å². The normalized spacial score (nSPS) is 14.9. The van der Waals surface area contributed by atoms with Crippen LogP contribution in [-0.4, -0.2) is 48.5 Å². The van der Waals surface area contributed by atoms with E-state index in [1.54, 1.807) is 0 Å². The molecular formula is C33H40ClNO4. The molecule has 39 heavy (non-hydrogen) atoms. The van der Waals surface area contributed by atoms with E-state index in [1.165, 1.54) is 7.11 Å². The summed E-state index contributed by atoms with van der Waals surface area (Å²) in [5.74, 6) is -0.0610. The van der Waals surface area contributed by atoms with Crippen molar-refractivity contribution in [3.8, 4) is 0 Å². The zero-order valence-electron chi connectivity index (χ0n) is 23.1. The van der Waals surface area contributed by atoms with Gasteiger partial charge in [-0.15, -0.1) is 12.4 Å². The highest BCUT2D eigenvalue weighted by molar-refractivity contribution is 5.96. The van der Waals surface area contributed by atoms with Gasteiger partial charge in [0.15, 0.2) is 5.78 Å². The van der Waals surface area contributed by atoms with Gasteiger partial charge in [-0.1, -0.05) is 84.9 Å². The molecule has 1 saturated heterocycles. The molecule has 1 N–H and O–H groups in total. The number of rotatable bonds is 10. The predicted octanol–water partition coefficient (Wildman–Crippen LogP) is 6.17. The number of likely N-dealkylation sites (tertiary alicyclic amines) is 1. The van der Waals surface area contributed by atoms with Gasteiger partial charge in [-0.25, -0.2) is 0 Å². The van der Waals surface area contributed by atoms with Crippen LogP contribution in [0.3, 0.4) is 0 Å². The first kappa shape index (κ1) is 30.6. The first-order valence-electron chi connectivity index (χ1n) is 13.5. The number of Topliss-reactive ketones (excluding diaryl/α,β-unsaturated/α-hetero) is 1. The van der Waals surface area contributed by atoms with Crippen LogP contribution in [0.15, 0.2) is 84.9 Å². The number of halogens is 1. The fraction of sp³-hybridized carbons (Fsp3) is 0.394. The number of esters is 1. The molecule has 0 aliphatic carbocycles. The van der Waals surface area contributed by atoms with Crippen LogP contribution in [0.2, 0.25) is 0 Å². The Bertz CT molecular complexity index is 1160. The maximum atomic E-state index is 12.8. The van der Waals surface area contributed by atoms with Gasteiger partial charge in [-0.05, 0) is 75.4 Å². The molecular weight excluding hydrogens is 510 g/mol. The lowest BCUT2D eigenvalue weighted by Crippen LogP contribution is -2.44. The molecule has 3 aromatic carbocycles. The molecule has 0 unspecified atom stereocenters. The van der Waals surface area contributed by atoms with E-state index in [4.69, 9.17) is 4.74 Å². The van der Waals surface area contributed by atoms with Gasteiger partial charge in [0.1, 0.15) is 5.60 Å². The van der Waals surface area contributed by atoms with E-state index in [2.05, 4.69) is 4.90 Å². The van der Waals surface area contributed by atoms with E-state index in [0.29, 0.717) is 12.0 Å². The Kier molecular flexibility index (Phi) is 10.5. The van der Waals surface area contributed by atoms with Crippen LogP contribution in [0.25, 0.3) is 0 Å².